The maximum Gasteiger partial charge on any atom is 0.124 e. The molecule has 0 aromatic heterocycles. The molecule has 2 atom stereocenters. The van der Waals surface area contributed by atoms with E-state index in [0.717, 1.165) is 24.9 Å². The molecule has 1 saturated heterocycles. The fraction of sp³-hybridized carbons (Fsp3) is 0.333. The van der Waals surface area contributed by atoms with E-state index < -0.39 is 0 Å². The Kier molecular flexibility index (Phi) is 5.08. The summed E-state index contributed by atoms with van der Waals surface area (Å²) in [6.07, 6.45) is 2.27. The summed E-state index contributed by atoms with van der Waals surface area (Å²) in [6.45, 7) is 1.68. The van der Waals surface area contributed by atoms with E-state index in [2.05, 4.69) is 34.9 Å². The third-order valence-corrected chi connectivity index (χ3v) is 4.54. The molecule has 0 bridgehead atoms. The SMILES string of the molecule is Fc1ccc(CN[C@@H]2CCCN[C@@H]2c2ccccc2)c(Cl)c1. The van der Waals surface area contributed by atoms with Crippen LogP contribution in [0.15, 0.2) is 48.5 Å². The molecule has 22 heavy (non-hydrogen) atoms. The van der Waals surface area contributed by atoms with Gasteiger partial charge in [0.25, 0.3) is 0 Å². The number of nitrogens with one attached hydrogen (secondary N) is 2. The zero-order valence-electron chi connectivity index (χ0n) is 12.4. The average Bonchev–Trinajstić information content (AvgIpc) is 2.55. The Balaban J connectivity index is 1.69. The number of hydrogen-bond donors (Lipinski definition) is 2. The molecule has 0 spiro atoms. The summed E-state index contributed by atoms with van der Waals surface area (Å²) in [5.74, 6) is -0.296. The van der Waals surface area contributed by atoms with Gasteiger partial charge in [0.05, 0.1) is 0 Å². The Bertz CT molecular complexity index is 618. The van der Waals surface area contributed by atoms with Crippen LogP contribution >= 0.6 is 11.6 Å². The lowest BCUT2D eigenvalue weighted by Gasteiger charge is -2.34. The molecular formula is C18H20ClFN2. The highest BCUT2D eigenvalue weighted by Crippen LogP contribution is 2.24. The second kappa shape index (κ2) is 7.23. The summed E-state index contributed by atoms with van der Waals surface area (Å²) >= 11 is 6.10. The van der Waals surface area contributed by atoms with Crippen LogP contribution in [0.3, 0.4) is 0 Å². The molecule has 2 N–H and O–H groups in total. The van der Waals surface area contributed by atoms with E-state index >= 15 is 0 Å². The van der Waals surface area contributed by atoms with Gasteiger partial charge in [-0.15, -0.1) is 0 Å². The average molecular weight is 319 g/mol. The molecule has 2 nitrogen and oxygen atoms in total. The highest BCUT2D eigenvalue weighted by molar-refractivity contribution is 6.31. The summed E-state index contributed by atoms with van der Waals surface area (Å²) in [5, 5.41) is 7.65. The Morgan fingerprint density at radius 2 is 2.00 bits per heavy atom. The van der Waals surface area contributed by atoms with Crippen LogP contribution in [0.4, 0.5) is 4.39 Å². The maximum atomic E-state index is 13.1. The molecule has 1 aliphatic heterocycles. The Morgan fingerprint density at radius 3 is 2.77 bits per heavy atom. The summed E-state index contributed by atoms with van der Waals surface area (Å²) in [5.41, 5.74) is 2.23. The van der Waals surface area contributed by atoms with Crippen molar-refractivity contribution in [3.63, 3.8) is 0 Å². The van der Waals surface area contributed by atoms with Crippen LogP contribution in [-0.2, 0) is 6.54 Å². The number of benzene rings is 2. The van der Waals surface area contributed by atoms with Gasteiger partial charge in [-0.05, 0) is 42.6 Å². The highest BCUT2D eigenvalue weighted by Gasteiger charge is 2.25. The van der Waals surface area contributed by atoms with Gasteiger partial charge in [-0.25, -0.2) is 4.39 Å². The predicted molar refractivity (Wildman–Crippen MR) is 88.5 cm³/mol. The van der Waals surface area contributed by atoms with Crippen molar-refractivity contribution >= 4 is 11.6 Å². The molecule has 4 heteroatoms. The van der Waals surface area contributed by atoms with Gasteiger partial charge < -0.3 is 10.6 Å². The van der Waals surface area contributed by atoms with Crippen LogP contribution in [-0.4, -0.2) is 12.6 Å². The topological polar surface area (TPSA) is 24.1 Å². The van der Waals surface area contributed by atoms with Crippen molar-refractivity contribution in [3.05, 3.63) is 70.5 Å². The van der Waals surface area contributed by atoms with Crippen molar-refractivity contribution in [2.45, 2.75) is 31.5 Å². The van der Waals surface area contributed by atoms with E-state index in [9.17, 15) is 4.39 Å². The van der Waals surface area contributed by atoms with Crippen molar-refractivity contribution in [1.29, 1.82) is 0 Å². The first-order chi connectivity index (χ1) is 10.7. The van der Waals surface area contributed by atoms with Crippen LogP contribution in [0, 0.1) is 5.82 Å². The number of rotatable bonds is 4. The van der Waals surface area contributed by atoms with Crippen LogP contribution in [0.2, 0.25) is 5.02 Å². The first-order valence-electron chi connectivity index (χ1n) is 7.69. The highest BCUT2D eigenvalue weighted by atomic mass is 35.5. The van der Waals surface area contributed by atoms with Gasteiger partial charge in [-0.1, -0.05) is 48.0 Å². The van der Waals surface area contributed by atoms with Crippen LogP contribution in [0.5, 0.6) is 0 Å². The van der Waals surface area contributed by atoms with Crippen LogP contribution in [0.25, 0.3) is 0 Å². The van der Waals surface area contributed by atoms with E-state index in [1.54, 1.807) is 6.07 Å². The third kappa shape index (κ3) is 3.67. The van der Waals surface area contributed by atoms with Crippen molar-refractivity contribution in [2.75, 3.05) is 6.54 Å². The molecule has 1 aliphatic rings. The fourth-order valence-corrected chi connectivity index (χ4v) is 3.26. The van der Waals surface area contributed by atoms with E-state index in [1.165, 1.54) is 17.7 Å². The molecular weight excluding hydrogens is 299 g/mol. The van der Waals surface area contributed by atoms with Crippen molar-refractivity contribution in [2.24, 2.45) is 0 Å². The monoisotopic (exact) mass is 318 g/mol. The Morgan fingerprint density at radius 1 is 1.18 bits per heavy atom. The summed E-state index contributed by atoms with van der Waals surface area (Å²) in [4.78, 5) is 0. The first-order valence-corrected chi connectivity index (χ1v) is 8.07. The molecule has 0 unspecified atom stereocenters. The molecule has 2 aromatic rings. The molecule has 116 valence electrons. The normalized spacial score (nSPS) is 21.7. The number of halogens is 2. The minimum absolute atomic E-state index is 0.296. The molecule has 0 aliphatic carbocycles. The molecule has 2 aromatic carbocycles. The van der Waals surface area contributed by atoms with Gasteiger partial charge in [0.1, 0.15) is 5.82 Å². The molecule has 0 radical (unpaired) electrons. The standard InChI is InChI=1S/C18H20ClFN2/c19-16-11-15(20)9-8-14(16)12-22-17-7-4-10-21-18(17)13-5-2-1-3-6-13/h1-3,5-6,8-9,11,17-18,21-22H,4,7,10,12H2/t17-,18-/m1/s1. The maximum absolute atomic E-state index is 13.1. The van der Waals surface area contributed by atoms with Gasteiger partial charge in [0.15, 0.2) is 0 Å². The van der Waals surface area contributed by atoms with Crippen LogP contribution in [0.1, 0.15) is 30.0 Å². The summed E-state index contributed by atoms with van der Waals surface area (Å²) < 4.78 is 13.1. The predicted octanol–water partition coefficient (Wildman–Crippen LogP) is 4.06. The molecule has 1 fully saturated rings. The third-order valence-electron chi connectivity index (χ3n) is 4.19. The van der Waals surface area contributed by atoms with Crippen LogP contribution < -0.4 is 10.6 Å². The Hall–Kier alpha value is -1.42. The van der Waals surface area contributed by atoms with Gasteiger partial charge in [0.2, 0.25) is 0 Å². The number of piperidine rings is 1. The molecule has 0 saturated carbocycles. The summed E-state index contributed by atoms with van der Waals surface area (Å²) in [7, 11) is 0. The lowest BCUT2D eigenvalue weighted by molar-refractivity contribution is 0.304. The molecule has 1 heterocycles. The molecule has 0 amide bonds. The quantitative estimate of drug-likeness (QED) is 0.888. The first kappa shape index (κ1) is 15.5. The zero-order valence-corrected chi connectivity index (χ0v) is 13.1. The minimum atomic E-state index is -0.296. The van der Waals surface area contributed by atoms with E-state index in [0.29, 0.717) is 23.7 Å². The largest absolute Gasteiger partial charge is 0.309 e. The van der Waals surface area contributed by atoms with Gasteiger partial charge in [-0.2, -0.15) is 0 Å². The fourth-order valence-electron chi connectivity index (χ4n) is 3.03. The van der Waals surface area contributed by atoms with E-state index in [1.807, 2.05) is 6.07 Å². The number of hydrogen-bond acceptors (Lipinski definition) is 2. The molecule has 3 rings (SSSR count). The van der Waals surface area contributed by atoms with Gasteiger partial charge >= 0.3 is 0 Å². The lowest BCUT2D eigenvalue weighted by atomic mass is 9.92. The Labute approximate surface area is 135 Å². The summed E-state index contributed by atoms with van der Waals surface area (Å²) in [6, 6.07) is 15.7. The van der Waals surface area contributed by atoms with Crippen molar-refractivity contribution < 1.29 is 4.39 Å². The minimum Gasteiger partial charge on any atom is -0.309 e. The van der Waals surface area contributed by atoms with E-state index in [-0.39, 0.29) is 5.82 Å². The van der Waals surface area contributed by atoms with Crippen molar-refractivity contribution in [1.82, 2.24) is 10.6 Å². The second-order valence-electron chi connectivity index (χ2n) is 5.71. The second-order valence-corrected chi connectivity index (χ2v) is 6.12. The zero-order chi connectivity index (χ0) is 15.4. The van der Waals surface area contributed by atoms with E-state index in [4.69, 9.17) is 11.6 Å². The van der Waals surface area contributed by atoms with Gasteiger partial charge in [-0.3, -0.25) is 0 Å². The lowest BCUT2D eigenvalue weighted by Crippen LogP contribution is -2.45. The smallest absolute Gasteiger partial charge is 0.124 e. The van der Waals surface area contributed by atoms with Gasteiger partial charge in [0, 0.05) is 23.7 Å². The van der Waals surface area contributed by atoms with Crippen molar-refractivity contribution in [3.8, 4) is 0 Å².